The standard InChI is InChI=1S/C15H29N3/c1-3-17(14-4-5-14)9-8-16-13-10-12(2)18(11-13)15-6-7-15/h12-16H,3-11H2,1-2H3. The minimum Gasteiger partial charge on any atom is -0.311 e. The van der Waals surface area contributed by atoms with Crippen LogP contribution in [0.15, 0.2) is 0 Å². The molecule has 0 amide bonds. The van der Waals surface area contributed by atoms with Crippen LogP contribution < -0.4 is 5.32 Å². The molecule has 0 spiro atoms. The molecule has 0 aromatic rings. The van der Waals surface area contributed by atoms with Gasteiger partial charge in [-0.1, -0.05) is 6.92 Å². The first-order chi connectivity index (χ1) is 8.78. The van der Waals surface area contributed by atoms with E-state index in [1.54, 1.807) is 0 Å². The van der Waals surface area contributed by atoms with Crippen LogP contribution in [0.2, 0.25) is 0 Å². The first-order valence-electron chi connectivity index (χ1n) is 8.01. The summed E-state index contributed by atoms with van der Waals surface area (Å²) in [6.45, 7) is 9.64. The fourth-order valence-electron chi connectivity index (χ4n) is 3.57. The molecule has 3 rings (SSSR count). The highest BCUT2D eigenvalue weighted by Gasteiger charge is 2.38. The lowest BCUT2D eigenvalue weighted by Gasteiger charge is -2.22. The zero-order valence-electron chi connectivity index (χ0n) is 12.1. The average Bonchev–Trinajstić information content (AvgIpc) is 3.24. The SMILES string of the molecule is CCN(CCNC1CC(C)N(C2CC2)C1)C1CC1. The molecule has 0 bridgehead atoms. The summed E-state index contributed by atoms with van der Waals surface area (Å²) in [5.41, 5.74) is 0. The quantitative estimate of drug-likeness (QED) is 0.743. The number of hydrogen-bond donors (Lipinski definition) is 1. The Hall–Kier alpha value is -0.120. The summed E-state index contributed by atoms with van der Waals surface area (Å²) >= 11 is 0. The van der Waals surface area contributed by atoms with Crippen LogP contribution in [0.5, 0.6) is 0 Å². The maximum absolute atomic E-state index is 3.79. The third kappa shape index (κ3) is 3.06. The van der Waals surface area contributed by atoms with Crippen molar-refractivity contribution in [3.8, 4) is 0 Å². The molecule has 2 aliphatic carbocycles. The number of hydrogen-bond acceptors (Lipinski definition) is 3. The minimum atomic E-state index is 0.749. The molecular weight excluding hydrogens is 222 g/mol. The van der Waals surface area contributed by atoms with Crippen molar-refractivity contribution in [2.45, 2.75) is 70.1 Å². The van der Waals surface area contributed by atoms with Crippen molar-refractivity contribution in [3.05, 3.63) is 0 Å². The zero-order valence-corrected chi connectivity index (χ0v) is 12.1. The van der Waals surface area contributed by atoms with Crippen LogP contribution in [0.25, 0.3) is 0 Å². The molecule has 1 saturated heterocycles. The normalized spacial score (nSPS) is 33.5. The summed E-state index contributed by atoms with van der Waals surface area (Å²) in [5, 5.41) is 3.79. The van der Waals surface area contributed by atoms with Gasteiger partial charge in [-0.3, -0.25) is 9.80 Å². The molecule has 0 aromatic heterocycles. The van der Waals surface area contributed by atoms with Gasteiger partial charge in [0.1, 0.15) is 0 Å². The predicted octanol–water partition coefficient (Wildman–Crippen LogP) is 1.69. The highest BCUT2D eigenvalue weighted by atomic mass is 15.3. The van der Waals surface area contributed by atoms with E-state index in [0.29, 0.717) is 0 Å². The second-order valence-electron chi connectivity index (χ2n) is 6.52. The van der Waals surface area contributed by atoms with E-state index in [1.807, 2.05) is 0 Å². The molecule has 3 fully saturated rings. The fourth-order valence-corrected chi connectivity index (χ4v) is 3.57. The van der Waals surface area contributed by atoms with Crippen molar-refractivity contribution in [1.82, 2.24) is 15.1 Å². The van der Waals surface area contributed by atoms with Gasteiger partial charge in [0.2, 0.25) is 0 Å². The molecule has 3 heteroatoms. The van der Waals surface area contributed by atoms with Crippen molar-refractivity contribution < 1.29 is 0 Å². The van der Waals surface area contributed by atoms with Crippen LogP contribution in [0.1, 0.15) is 46.0 Å². The van der Waals surface area contributed by atoms with Crippen molar-refractivity contribution in [3.63, 3.8) is 0 Å². The topological polar surface area (TPSA) is 18.5 Å². The Balaban J connectivity index is 1.35. The van der Waals surface area contributed by atoms with Gasteiger partial charge in [0, 0.05) is 43.8 Å². The van der Waals surface area contributed by atoms with E-state index in [4.69, 9.17) is 0 Å². The largest absolute Gasteiger partial charge is 0.311 e. The third-order valence-electron chi connectivity index (χ3n) is 4.94. The molecule has 0 aromatic carbocycles. The number of rotatable bonds is 7. The molecule has 1 aliphatic heterocycles. The van der Waals surface area contributed by atoms with E-state index >= 15 is 0 Å². The zero-order chi connectivity index (χ0) is 12.5. The summed E-state index contributed by atoms with van der Waals surface area (Å²) in [4.78, 5) is 5.38. The maximum atomic E-state index is 3.79. The van der Waals surface area contributed by atoms with Crippen LogP contribution >= 0.6 is 0 Å². The Kier molecular flexibility index (Phi) is 3.92. The van der Waals surface area contributed by atoms with E-state index < -0.39 is 0 Å². The second-order valence-corrected chi connectivity index (χ2v) is 6.52. The van der Waals surface area contributed by atoms with E-state index in [2.05, 4.69) is 29.0 Å². The Labute approximate surface area is 112 Å². The van der Waals surface area contributed by atoms with Gasteiger partial charge < -0.3 is 5.32 Å². The molecule has 18 heavy (non-hydrogen) atoms. The monoisotopic (exact) mass is 251 g/mol. The molecule has 1 N–H and O–H groups in total. The lowest BCUT2D eigenvalue weighted by atomic mass is 10.2. The number of likely N-dealkylation sites (N-methyl/N-ethyl adjacent to an activating group) is 1. The van der Waals surface area contributed by atoms with Crippen molar-refractivity contribution in [2.75, 3.05) is 26.2 Å². The highest BCUT2D eigenvalue weighted by molar-refractivity contribution is 4.96. The first-order valence-corrected chi connectivity index (χ1v) is 8.01. The molecule has 2 saturated carbocycles. The van der Waals surface area contributed by atoms with Gasteiger partial charge in [0.25, 0.3) is 0 Å². The maximum Gasteiger partial charge on any atom is 0.0210 e. The van der Waals surface area contributed by atoms with Gasteiger partial charge in [-0.2, -0.15) is 0 Å². The summed E-state index contributed by atoms with van der Waals surface area (Å²) < 4.78 is 0. The number of likely N-dealkylation sites (tertiary alicyclic amines) is 1. The number of nitrogens with zero attached hydrogens (tertiary/aromatic N) is 2. The van der Waals surface area contributed by atoms with Gasteiger partial charge in [-0.25, -0.2) is 0 Å². The van der Waals surface area contributed by atoms with Crippen LogP contribution in [0.4, 0.5) is 0 Å². The summed E-state index contributed by atoms with van der Waals surface area (Å²) in [6, 6.07) is 3.41. The number of nitrogens with one attached hydrogen (secondary N) is 1. The molecule has 2 atom stereocenters. The minimum absolute atomic E-state index is 0.749. The Morgan fingerprint density at radius 3 is 2.61 bits per heavy atom. The van der Waals surface area contributed by atoms with Crippen LogP contribution in [0.3, 0.4) is 0 Å². The first kappa shape index (κ1) is 12.9. The fraction of sp³-hybridized carbons (Fsp3) is 1.00. The lowest BCUT2D eigenvalue weighted by Crippen LogP contribution is -2.39. The molecule has 2 unspecified atom stereocenters. The Morgan fingerprint density at radius 1 is 1.22 bits per heavy atom. The Morgan fingerprint density at radius 2 is 2.00 bits per heavy atom. The smallest absolute Gasteiger partial charge is 0.0210 e. The molecule has 104 valence electrons. The van der Waals surface area contributed by atoms with Gasteiger partial charge in [-0.05, 0) is 45.6 Å². The summed E-state index contributed by atoms with van der Waals surface area (Å²) in [5.74, 6) is 0. The molecule has 3 nitrogen and oxygen atoms in total. The Bertz CT molecular complexity index is 273. The van der Waals surface area contributed by atoms with Gasteiger partial charge in [0.05, 0.1) is 0 Å². The van der Waals surface area contributed by atoms with Crippen molar-refractivity contribution in [2.24, 2.45) is 0 Å². The molecule has 1 heterocycles. The average molecular weight is 251 g/mol. The van der Waals surface area contributed by atoms with Crippen molar-refractivity contribution in [1.29, 1.82) is 0 Å². The predicted molar refractivity (Wildman–Crippen MR) is 75.9 cm³/mol. The van der Waals surface area contributed by atoms with Crippen LogP contribution in [-0.4, -0.2) is 60.1 Å². The third-order valence-corrected chi connectivity index (χ3v) is 4.94. The highest BCUT2D eigenvalue weighted by Crippen LogP contribution is 2.33. The molecule has 0 radical (unpaired) electrons. The van der Waals surface area contributed by atoms with E-state index in [0.717, 1.165) is 24.2 Å². The molecule has 3 aliphatic rings. The van der Waals surface area contributed by atoms with E-state index in [1.165, 1.54) is 58.3 Å². The van der Waals surface area contributed by atoms with E-state index in [9.17, 15) is 0 Å². The molecular formula is C15H29N3. The van der Waals surface area contributed by atoms with Crippen LogP contribution in [0, 0.1) is 0 Å². The van der Waals surface area contributed by atoms with Gasteiger partial charge in [-0.15, -0.1) is 0 Å². The van der Waals surface area contributed by atoms with Crippen LogP contribution in [-0.2, 0) is 0 Å². The second kappa shape index (κ2) is 5.48. The van der Waals surface area contributed by atoms with E-state index in [-0.39, 0.29) is 0 Å². The summed E-state index contributed by atoms with van der Waals surface area (Å²) in [7, 11) is 0. The lowest BCUT2D eigenvalue weighted by molar-refractivity contribution is 0.251. The van der Waals surface area contributed by atoms with Gasteiger partial charge in [0.15, 0.2) is 0 Å². The van der Waals surface area contributed by atoms with Gasteiger partial charge >= 0.3 is 0 Å². The van der Waals surface area contributed by atoms with Crippen molar-refractivity contribution >= 4 is 0 Å². The summed E-state index contributed by atoms with van der Waals surface area (Å²) in [6.07, 6.45) is 7.12.